The van der Waals surface area contributed by atoms with Crippen molar-refractivity contribution < 1.29 is 19.2 Å². The van der Waals surface area contributed by atoms with Gasteiger partial charge in [0, 0.05) is 5.46 Å². The summed E-state index contributed by atoms with van der Waals surface area (Å²) in [5.41, 5.74) is 0.734. The quantitative estimate of drug-likeness (QED) is 0.792. The fourth-order valence-corrected chi connectivity index (χ4v) is 2.77. The summed E-state index contributed by atoms with van der Waals surface area (Å²) in [6, 6.07) is 3.11. The van der Waals surface area contributed by atoms with Crippen LogP contribution in [-0.2, 0) is 5.41 Å². The molecule has 0 bridgehead atoms. The Kier molecular flexibility index (Phi) is 4.37. The Labute approximate surface area is 119 Å². The zero-order chi connectivity index (χ0) is 14.9. The van der Waals surface area contributed by atoms with Crippen molar-refractivity contribution in [3.05, 3.63) is 23.5 Å². The minimum atomic E-state index is -1.74. The average Bonchev–Trinajstić information content (AvgIpc) is 2.41. The zero-order valence-electron chi connectivity index (χ0n) is 12.2. The first kappa shape index (κ1) is 15.3. The topological polar surface area (TPSA) is 52.9 Å². The summed E-state index contributed by atoms with van der Waals surface area (Å²) >= 11 is 0. The number of benzene rings is 1. The summed E-state index contributed by atoms with van der Waals surface area (Å²) in [5.74, 6) is -0.645. The third-order valence-corrected chi connectivity index (χ3v) is 4.34. The average molecular weight is 281 g/mol. The minimum absolute atomic E-state index is 0.0858. The van der Waals surface area contributed by atoms with Crippen molar-refractivity contribution in [3.8, 4) is 5.75 Å². The van der Waals surface area contributed by atoms with Crippen LogP contribution in [0.3, 0.4) is 0 Å². The number of likely N-dealkylation sites (tertiary alicyclic amines) is 1. The number of nitrogens with zero attached hydrogens (tertiary/aromatic N) is 1. The van der Waals surface area contributed by atoms with Gasteiger partial charge < -0.3 is 19.7 Å². The van der Waals surface area contributed by atoms with Gasteiger partial charge in [0.05, 0.1) is 7.11 Å². The fourth-order valence-electron chi connectivity index (χ4n) is 2.77. The molecule has 2 N–H and O–H groups in total. The predicted octanol–water partition coefficient (Wildman–Crippen LogP) is 0.497. The summed E-state index contributed by atoms with van der Waals surface area (Å²) in [7, 11) is 1.65. The molecule has 6 heteroatoms. The standard InChI is InChI=1S/C14H21BFNO3/c1-14(4-6-17(2)7-5-14)10-8-11(15(18)19)13(20-3)12(16)9-10/h8-9,18-19H,4-7H2,1-3H3. The first-order chi connectivity index (χ1) is 9.37. The van der Waals surface area contributed by atoms with Crippen LogP contribution in [0.25, 0.3) is 0 Å². The lowest BCUT2D eigenvalue weighted by molar-refractivity contribution is 0.199. The van der Waals surface area contributed by atoms with Gasteiger partial charge in [0.2, 0.25) is 0 Å². The summed E-state index contributed by atoms with van der Waals surface area (Å²) < 4.78 is 19.0. The van der Waals surface area contributed by atoms with Crippen molar-refractivity contribution >= 4 is 12.6 Å². The van der Waals surface area contributed by atoms with Crippen LogP contribution in [0.4, 0.5) is 4.39 Å². The third-order valence-electron chi connectivity index (χ3n) is 4.34. The van der Waals surface area contributed by atoms with E-state index < -0.39 is 12.9 Å². The lowest BCUT2D eigenvalue weighted by atomic mass is 9.70. The van der Waals surface area contributed by atoms with E-state index >= 15 is 0 Å². The maximum Gasteiger partial charge on any atom is 0.492 e. The lowest BCUT2D eigenvalue weighted by Gasteiger charge is -2.38. The molecule has 4 nitrogen and oxygen atoms in total. The van der Waals surface area contributed by atoms with Gasteiger partial charge in [0.25, 0.3) is 0 Å². The number of methoxy groups -OCH3 is 1. The highest BCUT2D eigenvalue weighted by atomic mass is 19.1. The minimum Gasteiger partial charge on any atom is -0.494 e. The molecule has 0 atom stereocenters. The van der Waals surface area contributed by atoms with Crippen molar-refractivity contribution in [1.29, 1.82) is 0 Å². The van der Waals surface area contributed by atoms with Crippen LogP contribution in [0.15, 0.2) is 12.1 Å². The predicted molar refractivity (Wildman–Crippen MR) is 76.9 cm³/mol. The smallest absolute Gasteiger partial charge is 0.492 e. The monoisotopic (exact) mass is 281 g/mol. The van der Waals surface area contributed by atoms with Crippen molar-refractivity contribution in [2.24, 2.45) is 0 Å². The highest BCUT2D eigenvalue weighted by Crippen LogP contribution is 2.35. The van der Waals surface area contributed by atoms with Gasteiger partial charge >= 0.3 is 7.12 Å². The van der Waals surface area contributed by atoms with Crippen molar-refractivity contribution in [2.45, 2.75) is 25.2 Å². The molecule has 0 amide bonds. The molecule has 0 unspecified atom stereocenters. The molecule has 1 aliphatic heterocycles. The summed E-state index contributed by atoms with van der Waals surface area (Å²) in [4.78, 5) is 2.24. The first-order valence-corrected chi connectivity index (χ1v) is 6.80. The molecular weight excluding hydrogens is 260 g/mol. The van der Waals surface area contributed by atoms with E-state index in [2.05, 4.69) is 18.9 Å². The van der Waals surface area contributed by atoms with Crippen LogP contribution < -0.4 is 10.2 Å². The Morgan fingerprint density at radius 2 is 1.90 bits per heavy atom. The second kappa shape index (κ2) is 5.72. The summed E-state index contributed by atoms with van der Waals surface area (Å²) in [5, 5.41) is 18.8. The van der Waals surface area contributed by atoms with Gasteiger partial charge in [-0.1, -0.05) is 13.0 Å². The molecule has 0 saturated carbocycles. The molecule has 1 fully saturated rings. The van der Waals surface area contributed by atoms with E-state index in [1.807, 2.05) is 0 Å². The van der Waals surface area contributed by atoms with Gasteiger partial charge in [-0.15, -0.1) is 0 Å². The Bertz CT molecular complexity index is 488. The van der Waals surface area contributed by atoms with Crippen LogP contribution in [0.2, 0.25) is 0 Å². The van der Waals surface area contributed by atoms with E-state index in [1.165, 1.54) is 13.2 Å². The molecule has 20 heavy (non-hydrogen) atoms. The summed E-state index contributed by atoms with van der Waals surface area (Å²) in [6.07, 6.45) is 1.83. The number of halogens is 1. The maximum atomic E-state index is 14.1. The molecule has 1 aromatic rings. The fraction of sp³-hybridized carbons (Fsp3) is 0.571. The largest absolute Gasteiger partial charge is 0.494 e. The Morgan fingerprint density at radius 1 is 1.30 bits per heavy atom. The molecule has 1 saturated heterocycles. The van der Waals surface area contributed by atoms with Crippen molar-refractivity contribution in [3.63, 3.8) is 0 Å². The van der Waals surface area contributed by atoms with Crippen molar-refractivity contribution in [1.82, 2.24) is 4.90 Å². The molecular formula is C14H21BFNO3. The molecule has 110 valence electrons. The van der Waals surface area contributed by atoms with Crippen molar-refractivity contribution in [2.75, 3.05) is 27.2 Å². The van der Waals surface area contributed by atoms with E-state index in [1.54, 1.807) is 6.07 Å². The number of piperidine rings is 1. The maximum absolute atomic E-state index is 14.1. The molecule has 2 rings (SSSR count). The van der Waals surface area contributed by atoms with E-state index in [4.69, 9.17) is 4.74 Å². The second-order valence-corrected chi connectivity index (χ2v) is 5.82. The molecule has 1 heterocycles. The van der Waals surface area contributed by atoms with Gasteiger partial charge in [-0.2, -0.15) is 0 Å². The first-order valence-electron chi connectivity index (χ1n) is 6.80. The zero-order valence-corrected chi connectivity index (χ0v) is 12.2. The molecule has 0 aromatic heterocycles. The van der Waals surface area contributed by atoms with Gasteiger partial charge in [0.15, 0.2) is 11.6 Å². The van der Waals surface area contributed by atoms with Crippen LogP contribution in [0.5, 0.6) is 5.75 Å². The number of ether oxygens (including phenoxy) is 1. The molecule has 1 aliphatic rings. The Hall–Kier alpha value is -1.11. The van der Waals surface area contributed by atoms with E-state index in [-0.39, 0.29) is 16.6 Å². The Balaban J connectivity index is 2.42. The number of rotatable bonds is 3. The second-order valence-electron chi connectivity index (χ2n) is 5.82. The van der Waals surface area contributed by atoms with Gasteiger partial charge in [-0.05, 0) is 50.0 Å². The Morgan fingerprint density at radius 3 is 2.40 bits per heavy atom. The third kappa shape index (κ3) is 2.82. The molecule has 0 radical (unpaired) electrons. The van der Waals surface area contributed by atoms with Crippen LogP contribution in [0.1, 0.15) is 25.3 Å². The SMILES string of the molecule is COc1c(F)cc(C2(C)CCN(C)CC2)cc1B(O)O. The molecule has 1 aromatic carbocycles. The highest BCUT2D eigenvalue weighted by molar-refractivity contribution is 6.59. The van der Waals surface area contributed by atoms with Gasteiger partial charge in [-0.25, -0.2) is 4.39 Å². The van der Waals surface area contributed by atoms with Gasteiger partial charge in [-0.3, -0.25) is 0 Å². The van der Waals surface area contributed by atoms with Gasteiger partial charge in [0.1, 0.15) is 0 Å². The summed E-state index contributed by atoms with van der Waals surface area (Å²) in [6.45, 7) is 3.98. The van der Waals surface area contributed by atoms with Crippen LogP contribution in [0, 0.1) is 5.82 Å². The highest BCUT2D eigenvalue weighted by Gasteiger charge is 2.33. The lowest BCUT2D eigenvalue weighted by Crippen LogP contribution is -2.40. The van der Waals surface area contributed by atoms with Crippen LogP contribution >= 0.6 is 0 Å². The number of hydrogen-bond donors (Lipinski definition) is 2. The van der Waals surface area contributed by atoms with E-state index in [9.17, 15) is 14.4 Å². The molecule has 0 spiro atoms. The molecule has 0 aliphatic carbocycles. The van der Waals surface area contributed by atoms with E-state index in [0.717, 1.165) is 31.5 Å². The number of hydrogen-bond acceptors (Lipinski definition) is 4. The normalized spacial score (nSPS) is 18.9. The van der Waals surface area contributed by atoms with Crippen LogP contribution in [-0.4, -0.2) is 49.3 Å². The van der Waals surface area contributed by atoms with E-state index in [0.29, 0.717) is 0 Å².